The van der Waals surface area contributed by atoms with Crippen molar-refractivity contribution in [3.05, 3.63) is 24.3 Å². The zero-order valence-electron chi connectivity index (χ0n) is 14.6. The number of rotatable bonds is 4. The summed E-state index contributed by atoms with van der Waals surface area (Å²) in [4.78, 5) is 16.6. The fourth-order valence-corrected chi connectivity index (χ4v) is 3.14. The van der Waals surface area contributed by atoms with Crippen molar-refractivity contribution in [1.82, 2.24) is 9.80 Å². The fourth-order valence-electron chi connectivity index (χ4n) is 3.14. The van der Waals surface area contributed by atoms with E-state index in [1.54, 1.807) is 4.90 Å². The van der Waals surface area contributed by atoms with Crippen LogP contribution in [0.1, 0.15) is 33.6 Å². The summed E-state index contributed by atoms with van der Waals surface area (Å²) < 4.78 is 5.51. The summed E-state index contributed by atoms with van der Waals surface area (Å²) in [6, 6.07) is 0.0201. The first-order valence-electron chi connectivity index (χ1n) is 8.55. The van der Waals surface area contributed by atoms with Gasteiger partial charge in [-0.3, -0.25) is 4.90 Å². The Balaban J connectivity index is 1.92. The van der Waals surface area contributed by atoms with Crippen LogP contribution in [-0.4, -0.2) is 65.4 Å². The van der Waals surface area contributed by atoms with Crippen molar-refractivity contribution in [2.45, 2.75) is 45.3 Å². The normalized spacial score (nSPS) is 25.7. The molecule has 2 atom stereocenters. The highest BCUT2D eigenvalue weighted by Gasteiger charge is 2.33. The molecule has 1 unspecified atom stereocenters. The molecule has 0 aromatic rings. The van der Waals surface area contributed by atoms with Crippen molar-refractivity contribution in [3.8, 4) is 0 Å². The number of carbonyl (C=O) groups excluding carboxylic acids is 1. The van der Waals surface area contributed by atoms with E-state index in [1.165, 1.54) is 0 Å². The summed E-state index contributed by atoms with van der Waals surface area (Å²) in [5, 5.41) is 9.34. The molecule has 5 heteroatoms. The molecule has 2 rings (SSSR count). The Labute approximate surface area is 139 Å². The van der Waals surface area contributed by atoms with E-state index < -0.39 is 5.60 Å². The van der Waals surface area contributed by atoms with E-state index in [9.17, 15) is 9.90 Å². The van der Waals surface area contributed by atoms with Gasteiger partial charge in [0.15, 0.2) is 0 Å². The van der Waals surface area contributed by atoms with Crippen LogP contribution < -0.4 is 0 Å². The molecule has 0 bridgehead atoms. The second kappa shape index (κ2) is 7.97. The largest absolute Gasteiger partial charge is 0.444 e. The van der Waals surface area contributed by atoms with Crippen molar-refractivity contribution in [2.24, 2.45) is 5.92 Å². The van der Waals surface area contributed by atoms with Crippen LogP contribution in [0.4, 0.5) is 4.79 Å². The third kappa shape index (κ3) is 5.66. The maximum Gasteiger partial charge on any atom is 0.410 e. The van der Waals surface area contributed by atoms with Crippen molar-refractivity contribution >= 4 is 6.09 Å². The molecule has 23 heavy (non-hydrogen) atoms. The lowest BCUT2D eigenvalue weighted by molar-refractivity contribution is -0.00615. The smallest absolute Gasteiger partial charge is 0.410 e. The molecule has 130 valence electrons. The lowest BCUT2D eigenvalue weighted by atomic mass is 9.99. The SMILES string of the molecule is CC(C)(C)OC(=O)N1CCN(CC2C=CC=CC2)C[C@H]1CCO. The van der Waals surface area contributed by atoms with E-state index >= 15 is 0 Å². The van der Waals surface area contributed by atoms with Gasteiger partial charge in [0.2, 0.25) is 0 Å². The van der Waals surface area contributed by atoms with Gasteiger partial charge in [0.05, 0.1) is 0 Å². The van der Waals surface area contributed by atoms with Crippen LogP contribution in [0, 0.1) is 5.92 Å². The number of hydrogen-bond acceptors (Lipinski definition) is 4. The molecule has 0 spiro atoms. The molecule has 1 heterocycles. The van der Waals surface area contributed by atoms with E-state index in [-0.39, 0.29) is 18.7 Å². The number of ether oxygens (including phenoxy) is 1. The lowest BCUT2D eigenvalue weighted by Gasteiger charge is -2.42. The number of aliphatic hydroxyl groups is 1. The van der Waals surface area contributed by atoms with E-state index in [2.05, 4.69) is 29.2 Å². The minimum Gasteiger partial charge on any atom is -0.444 e. The van der Waals surface area contributed by atoms with Crippen LogP contribution in [0.3, 0.4) is 0 Å². The predicted octanol–water partition coefficient (Wildman–Crippen LogP) is 2.42. The highest BCUT2D eigenvalue weighted by Crippen LogP contribution is 2.20. The molecule has 2 aliphatic rings. The number of carbonyl (C=O) groups is 1. The Kier molecular flexibility index (Phi) is 6.25. The van der Waals surface area contributed by atoms with E-state index in [4.69, 9.17) is 4.74 Å². The zero-order chi connectivity index (χ0) is 16.9. The minimum absolute atomic E-state index is 0.0201. The molecule has 1 N–H and O–H groups in total. The molecule has 1 amide bonds. The molecule has 1 saturated heterocycles. The van der Waals surface area contributed by atoms with Gasteiger partial charge in [-0.25, -0.2) is 4.79 Å². The number of piperazine rings is 1. The third-order valence-electron chi connectivity index (χ3n) is 4.22. The summed E-state index contributed by atoms with van der Waals surface area (Å²) in [6.45, 7) is 9.05. The molecule has 5 nitrogen and oxygen atoms in total. The van der Waals surface area contributed by atoms with E-state index in [0.29, 0.717) is 18.9 Å². The van der Waals surface area contributed by atoms with Crippen molar-refractivity contribution in [2.75, 3.05) is 32.8 Å². The predicted molar refractivity (Wildman–Crippen MR) is 91.3 cm³/mol. The Morgan fingerprint density at radius 3 is 2.70 bits per heavy atom. The molecule has 1 aliphatic heterocycles. The quantitative estimate of drug-likeness (QED) is 0.864. The average Bonchev–Trinajstić information content (AvgIpc) is 2.47. The molecule has 0 aromatic carbocycles. The highest BCUT2D eigenvalue weighted by molar-refractivity contribution is 5.68. The molecule has 1 fully saturated rings. The van der Waals surface area contributed by atoms with Crippen LogP contribution in [0.2, 0.25) is 0 Å². The van der Waals surface area contributed by atoms with Gasteiger partial charge < -0.3 is 14.7 Å². The first kappa shape index (κ1) is 18.0. The van der Waals surface area contributed by atoms with E-state index in [0.717, 1.165) is 26.1 Å². The number of nitrogens with zero attached hydrogens (tertiary/aromatic N) is 2. The molecule has 0 saturated carbocycles. The van der Waals surface area contributed by atoms with Crippen molar-refractivity contribution < 1.29 is 14.6 Å². The van der Waals surface area contributed by atoms with Crippen LogP contribution in [0.25, 0.3) is 0 Å². The summed E-state index contributed by atoms with van der Waals surface area (Å²) in [5.74, 6) is 0.544. The Bertz CT molecular complexity index is 454. The number of allylic oxidation sites excluding steroid dienone is 3. The summed E-state index contributed by atoms with van der Waals surface area (Å²) in [5.41, 5.74) is -0.489. The summed E-state index contributed by atoms with van der Waals surface area (Å²) in [7, 11) is 0. The number of amides is 1. The van der Waals surface area contributed by atoms with Gasteiger partial charge in [-0.15, -0.1) is 0 Å². The van der Waals surface area contributed by atoms with Gasteiger partial charge in [-0.2, -0.15) is 0 Å². The summed E-state index contributed by atoms with van der Waals surface area (Å²) in [6.07, 6.45) is 10.1. The molecular weight excluding hydrogens is 292 g/mol. The molecule has 0 aromatic heterocycles. The number of aliphatic hydroxyl groups excluding tert-OH is 1. The van der Waals surface area contributed by atoms with Gasteiger partial charge in [-0.1, -0.05) is 24.3 Å². The molecule has 0 radical (unpaired) electrons. The summed E-state index contributed by atoms with van der Waals surface area (Å²) >= 11 is 0. The topological polar surface area (TPSA) is 53.0 Å². The highest BCUT2D eigenvalue weighted by atomic mass is 16.6. The molecular formula is C18H30N2O3. The van der Waals surface area contributed by atoms with Crippen LogP contribution in [-0.2, 0) is 4.74 Å². The van der Waals surface area contributed by atoms with Gasteiger partial charge in [0, 0.05) is 38.8 Å². The third-order valence-corrected chi connectivity index (χ3v) is 4.22. The standard InChI is InChI=1S/C18H30N2O3/c1-18(2,3)23-17(22)20-11-10-19(14-16(20)9-12-21)13-15-7-5-4-6-8-15/h4-7,15-16,21H,8-14H2,1-3H3/t15?,16-/m1/s1. The Hall–Kier alpha value is -1.33. The average molecular weight is 322 g/mol. The zero-order valence-corrected chi connectivity index (χ0v) is 14.6. The monoisotopic (exact) mass is 322 g/mol. The fraction of sp³-hybridized carbons (Fsp3) is 0.722. The van der Waals surface area contributed by atoms with Crippen molar-refractivity contribution in [3.63, 3.8) is 0 Å². The maximum absolute atomic E-state index is 12.4. The Morgan fingerprint density at radius 2 is 2.09 bits per heavy atom. The van der Waals surface area contributed by atoms with Crippen molar-refractivity contribution in [1.29, 1.82) is 0 Å². The maximum atomic E-state index is 12.4. The Morgan fingerprint density at radius 1 is 1.30 bits per heavy atom. The van der Waals surface area contributed by atoms with Crippen LogP contribution >= 0.6 is 0 Å². The van der Waals surface area contributed by atoms with E-state index in [1.807, 2.05) is 20.8 Å². The minimum atomic E-state index is -0.489. The lowest BCUT2D eigenvalue weighted by Crippen LogP contribution is -2.56. The second-order valence-corrected chi connectivity index (χ2v) is 7.41. The van der Waals surface area contributed by atoms with Crippen LogP contribution in [0.5, 0.6) is 0 Å². The number of hydrogen-bond donors (Lipinski definition) is 1. The van der Waals surface area contributed by atoms with Gasteiger partial charge >= 0.3 is 6.09 Å². The second-order valence-electron chi connectivity index (χ2n) is 7.41. The van der Waals surface area contributed by atoms with Gasteiger partial charge in [-0.05, 0) is 39.5 Å². The van der Waals surface area contributed by atoms with Gasteiger partial charge in [0.25, 0.3) is 0 Å². The molecule has 1 aliphatic carbocycles. The van der Waals surface area contributed by atoms with Crippen LogP contribution in [0.15, 0.2) is 24.3 Å². The first-order valence-corrected chi connectivity index (χ1v) is 8.55. The van der Waals surface area contributed by atoms with Gasteiger partial charge in [0.1, 0.15) is 5.60 Å². The first-order chi connectivity index (χ1) is 10.9.